The number of hydrogen-bond donors (Lipinski definition) is 2. The molecule has 2 heterocycles. The highest BCUT2D eigenvalue weighted by Gasteiger charge is 2.22. The molecule has 6 nitrogen and oxygen atoms in total. The summed E-state index contributed by atoms with van der Waals surface area (Å²) in [4.78, 5) is 11.2. The molecule has 6 heteroatoms. The van der Waals surface area contributed by atoms with Crippen LogP contribution in [0.2, 0.25) is 0 Å². The number of aromatic nitrogens is 1. The summed E-state index contributed by atoms with van der Waals surface area (Å²) < 4.78 is 5.85. The van der Waals surface area contributed by atoms with Crippen LogP contribution >= 0.6 is 0 Å². The number of nitrogens with zero attached hydrogens (tertiary/aromatic N) is 3. The third-order valence-corrected chi connectivity index (χ3v) is 5.08. The molecular weight excluding hydrogens is 350 g/mol. The molecule has 3 rings (SSSR count). The lowest BCUT2D eigenvalue weighted by atomic mass is 9.94. The molecule has 0 saturated carbocycles. The Morgan fingerprint density at radius 1 is 1.29 bits per heavy atom. The quantitative estimate of drug-likeness (QED) is 0.624. The topological polar surface area (TPSA) is 65.7 Å². The van der Waals surface area contributed by atoms with Gasteiger partial charge in [-0.1, -0.05) is 38.5 Å². The molecule has 1 saturated heterocycles. The largest absolute Gasteiger partial charge is 0.443 e. The first-order valence-electron chi connectivity index (χ1n) is 10.1. The molecule has 1 aromatic heterocycles. The minimum Gasteiger partial charge on any atom is -0.443 e. The van der Waals surface area contributed by atoms with Crippen molar-refractivity contribution in [2.45, 2.75) is 58.5 Å². The monoisotopic (exact) mass is 383 g/mol. The Hall–Kier alpha value is -2.50. The van der Waals surface area contributed by atoms with Crippen LogP contribution < -0.4 is 15.5 Å². The molecule has 1 atom stereocenters. The number of piperidine rings is 1. The van der Waals surface area contributed by atoms with E-state index in [0.29, 0.717) is 18.5 Å². The highest BCUT2D eigenvalue weighted by Crippen LogP contribution is 2.23. The minimum atomic E-state index is -0.0350. The first-order valence-corrected chi connectivity index (χ1v) is 10.1. The van der Waals surface area contributed by atoms with Gasteiger partial charge < -0.3 is 20.0 Å². The summed E-state index contributed by atoms with van der Waals surface area (Å²) in [6, 6.07) is 9.13. The standard InChI is InChI=1S/C22H33N5O/c1-16-8-10-18(11-9-16)27-12-6-7-17(15-27)26-21(23-5)25-14-20-24-13-19(28-20)22(2,3)4/h8-11,13,17H,6-7,12,14-15H2,1-5H3,(H2,23,25,26). The number of benzene rings is 1. The fourth-order valence-corrected chi connectivity index (χ4v) is 3.37. The van der Waals surface area contributed by atoms with E-state index in [-0.39, 0.29) is 5.41 Å². The average molecular weight is 384 g/mol. The van der Waals surface area contributed by atoms with E-state index in [4.69, 9.17) is 4.42 Å². The van der Waals surface area contributed by atoms with Gasteiger partial charge in [0.05, 0.1) is 12.7 Å². The Morgan fingerprint density at radius 3 is 2.68 bits per heavy atom. The van der Waals surface area contributed by atoms with Crippen molar-refractivity contribution in [1.29, 1.82) is 0 Å². The van der Waals surface area contributed by atoms with Crippen LogP contribution in [0, 0.1) is 6.92 Å². The molecule has 1 aliphatic heterocycles. The second kappa shape index (κ2) is 8.67. The van der Waals surface area contributed by atoms with Gasteiger partial charge in [-0.25, -0.2) is 4.98 Å². The van der Waals surface area contributed by atoms with Gasteiger partial charge in [0.15, 0.2) is 5.96 Å². The Labute approximate surface area is 168 Å². The van der Waals surface area contributed by atoms with Gasteiger partial charge in [0.25, 0.3) is 0 Å². The molecule has 152 valence electrons. The molecule has 2 aromatic rings. The van der Waals surface area contributed by atoms with Gasteiger partial charge in [0.2, 0.25) is 5.89 Å². The number of oxazole rings is 1. The van der Waals surface area contributed by atoms with Crippen molar-refractivity contribution in [2.75, 3.05) is 25.0 Å². The lowest BCUT2D eigenvalue weighted by Crippen LogP contribution is -2.51. The zero-order valence-corrected chi connectivity index (χ0v) is 17.7. The molecule has 0 radical (unpaired) electrons. The van der Waals surface area contributed by atoms with Crippen molar-refractivity contribution >= 4 is 11.6 Å². The number of guanidine groups is 1. The number of hydrogen-bond acceptors (Lipinski definition) is 4. The van der Waals surface area contributed by atoms with Gasteiger partial charge in [-0.15, -0.1) is 0 Å². The smallest absolute Gasteiger partial charge is 0.213 e. The van der Waals surface area contributed by atoms with Crippen molar-refractivity contribution in [2.24, 2.45) is 4.99 Å². The fourth-order valence-electron chi connectivity index (χ4n) is 3.37. The van der Waals surface area contributed by atoms with Crippen LogP contribution in [0.25, 0.3) is 0 Å². The van der Waals surface area contributed by atoms with Crippen molar-refractivity contribution < 1.29 is 4.42 Å². The fraction of sp³-hybridized carbons (Fsp3) is 0.545. The van der Waals surface area contributed by atoms with E-state index in [2.05, 4.69) is 77.5 Å². The normalized spacial score (nSPS) is 18.2. The van der Waals surface area contributed by atoms with E-state index in [9.17, 15) is 0 Å². The summed E-state index contributed by atoms with van der Waals surface area (Å²) in [6.45, 7) is 11.1. The molecule has 2 N–H and O–H groups in total. The number of anilines is 1. The maximum Gasteiger partial charge on any atom is 0.213 e. The number of aliphatic imine (C=N–C) groups is 1. The summed E-state index contributed by atoms with van der Waals surface area (Å²) in [5.74, 6) is 2.36. The maximum absolute atomic E-state index is 5.85. The Balaban J connectivity index is 1.54. The van der Waals surface area contributed by atoms with E-state index in [1.165, 1.54) is 11.3 Å². The maximum atomic E-state index is 5.85. The lowest BCUT2D eigenvalue weighted by Gasteiger charge is -2.35. The molecule has 1 aromatic carbocycles. The molecule has 0 aliphatic carbocycles. The summed E-state index contributed by atoms with van der Waals surface area (Å²) in [6.07, 6.45) is 4.11. The summed E-state index contributed by atoms with van der Waals surface area (Å²) >= 11 is 0. The van der Waals surface area contributed by atoms with Gasteiger partial charge in [0, 0.05) is 37.3 Å². The first kappa shape index (κ1) is 20.2. The number of nitrogens with one attached hydrogen (secondary N) is 2. The second-order valence-corrected chi connectivity index (χ2v) is 8.56. The molecule has 1 fully saturated rings. The van der Waals surface area contributed by atoms with Crippen molar-refractivity contribution in [3.05, 3.63) is 47.7 Å². The highest BCUT2D eigenvalue weighted by atomic mass is 16.4. The molecular formula is C22H33N5O. The zero-order valence-electron chi connectivity index (χ0n) is 17.7. The van der Waals surface area contributed by atoms with E-state index < -0.39 is 0 Å². The van der Waals surface area contributed by atoms with Crippen LogP contribution in [0.15, 0.2) is 39.9 Å². The zero-order chi connectivity index (χ0) is 20.1. The molecule has 1 unspecified atom stereocenters. The van der Waals surface area contributed by atoms with Gasteiger partial charge in [0.1, 0.15) is 5.76 Å². The average Bonchev–Trinajstić information content (AvgIpc) is 3.15. The summed E-state index contributed by atoms with van der Waals surface area (Å²) in [5, 5.41) is 6.88. The van der Waals surface area contributed by atoms with Crippen LogP contribution in [0.5, 0.6) is 0 Å². The summed E-state index contributed by atoms with van der Waals surface area (Å²) in [5.41, 5.74) is 2.54. The Bertz CT molecular complexity index is 788. The van der Waals surface area contributed by atoms with E-state index in [0.717, 1.165) is 37.7 Å². The first-order chi connectivity index (χ1) is 13.3. The van der Waals surface area contributed by atoms with Crippen LogP contribution in [-0.4, -0.2) is 37.1 Å². The van der Waals surface area contributed by atoms with Gasteiger partial charge in [-0.2, -0.15) is 0 Å². The highest BCUT2D eigenvalue weighted by molar-refractivity contribution is 5.80. The molecule has 0 amide bonds. The second-order valence-electron chi connectivity index (χ2n) is 8.56. The van der Waals surface area contributed by atoms with Gasteiger partial charge in [-0.05, 0) is 31.9 Å². The Kier molecular flexibility index (Phi) is 6.27. The predicted octanol–water partition coefficient (Wildman–Crippen LogP) is 3.61. The van der Waals surface area contributed by atoms with Gasteiger partial charge in [-0.3, -0.25) is 4.99 Å². The van der Waals surface area contributed by atoms with Crippen LogP contribution in [0.4, 0.5) is 5.69 Å². The van der Waals surface area contributed by atoms with Crippen molar-refractivity contribution in [3.8, 4) is 0 Å². The summed E-state index contributed by atoms with van der Waals surface area (Å²) in [7, 11) is 1.80. The SMILES string of the molecule is CN=C(NCc1ncc(C(C)(C)C)o1)NC1CCCN(c2ccc(C)cc2)C1. The van der Waals surface area contributed by atoms with E-state index in [1.807, 2.05) is 6.20 Å². The van der Waals surface area contributed by atoms with Crippen molar-refractivity contribution in [3.63, 3.8) is 0 Å². The Morgan fingerprint density at radius 2 is 2.04 bits per heavy atom. The van der Waals surface area contributed by atoms with Crippen molar-refractivity contribution in [1.82, 2.24) is 15.6 Å². The minimum absolute atomic E-state index is 0.0350. The van der Waals surface area contributed by atoms with Crippen LogP contribution in [-0.2, 0) is 12.0 Å². The number of rotatable bonds is 4. The van der Waals surface area contributed by atoms with E-state index >= 15 is 0 Å². The lowest BCUT2D eigenvalue weighted by molar-refractivity contribution is 0.379. The molecule has 0 spiro atoms. The number of aryl methyl sites for hydroxylation is 1. The third kappa shape index (κ3) is 5.27. The van der Waals surface area contributed by atoms with Crippen LogP contribution in [0.3, 0.4) is 0 Å². The predicted molar refractivity (Wildman–Crippen MR) is 115 cm³/mol. The van der Waals surface area contributed by atoms with Gasteiger partial charge >= 0.3 is 0 Å². The van der Waals surface area contributed by atoms with E-state index in [1.54, 1.807) is 7.05 Å². The van der Waals surface area contributed by atoms with Crippen LogP contribution in [0.1, 0.15) is 50.8 Å². The molecule has 28 heavy (non-hydrogen) atoms. The third-order valence-electron chi connectivity index (χ3n) is 5.08. The molecule has 0 bridgehead atoms. The molecule has 1 aliphatic rings.